The fraction of sp³-hybridized carbons (Fsp3) is 0.478. The Labute approximate surface area is 195 Å². The molecule has 2 aromatic rings. The quantitative estimate of drug-likeness (QED) is 0.555. The third-order valence-corrected chi connectivity index (χ3v) is 7.53. The van der Waals surface area contributed by atoms with Crippen LogP contribution in [0.5, 0.6) is 5.75 Å². The van der Waals surface area contributed by atoms with E-state index in [1.165, 1.54) is 11.8 Å². The predicted octanol–water partition coefficient (Wildman–Crippen LogP) is 3.67. The molecule has 0 saturated carbocycles. The number of rotatable bonds is 9. The average Bonchev–Trinajstić information content (AvgIpc) is 2.81. The number of hydrogen-bond acceptors (Lipinski definition) is 6. The molecule has 174 valence electrons. The number of piperidine rings is 1. The number of benzene rings is 1. The Morgan fingerprint density at radius 3 is 2.53 bits per heavy atom. The predicted molar refractivity (Wildman–Crippen MR) is 127 cm³/mol. The van der Waals surface area contributed by atoms with Crippen LogP contribution in [0.4, 0.5) is 0 Å². The lowest BCUT2D eigenvalue weighted by Crippen LogP contribution is -2.41. The molecular weight excluding hydrogens is 446 g/mol. The summed E-state index contributed by atoms with van der Waals surface area (Å²) in [6, 6.07) is 10.1. The van der Waals surface area contributed by atoms with Crippen molar-refractivity contribution in [3.63, 3.8) is 0 Å². The summed E-state index contributed by atoms with van der Waals surface area (Å²) in [5, 5.41) is 0.730. The van der Waals surface area contributed by atoms with Gasteiger partial charge in [0.15, 0.2) is 0 Å². The number of nitrogens with one attached hydrogen (secondary N) is 1. The van der Waals surface area contributed by atoms with Crippen LogP contribution in [-0.2, 0) is 10.0 Å². The lowest BCUT2D eigenvalue weighted by Gasteiger charge is -2.32. The van der Waals surface area contributed by atoms with Crippen LogP contribution >= 0.6 is 11.8 Å². The average molecular weight is 478 g/mol. The van der Waals surface area contributed by atoms with Gasteiger partial charge in [-0.3, -0.25) is 4.79 Å². The second-order valence-corrected chi connectivity index (χ2v) is 10.9. The van der Waals surface area contributed by atoms with E-state index in [2.05, 4.69) is 23.6 Å². The van der Waals surface area contributed by atoms with Crippen molar-refractivity contribution >= 4 is 27.7 Å². The minimum Gasteiger partial charge on any atom is -0.493 e. The first kappa shape index (κ1) is 24.5. The molecule has 0 atom stereocenters. The largest absolute Gasteiger partial charge is 0.493 e. The summed E-state index contributed by atoms with van der Waals surface area (Å²) in [5.41, 5.74) is 0.625. The van der Waals surface area contributed by atoms with Gasteiger partial charge in [0.05, 0.1) is 17.1 Å². The number of carbonyl (C=O) groups is 1. The van der Waals surface area contributed by atoms with E-state index in [0.29, 0.717) is 43.5 Å². The Kier molecular flexibility index (Phi) is 8.56. The normalized spacial score (nSPS) is 15.2. The summed E-state index contributed by atoms with van der Waals surface area (Å²) in [6.45, 7) is 6.28. The summed E-state index contributed by atoms with van der Waals surface area (Å²) in [7, 11) is -3.59. The second kappa shape index (κ2) is 11.2. The Bertz CT molecular complexity index is 1000. The molecule has 1 N–H and O–H groups in total. The smallest absolute Gasteiger partial charge is 0.256 e. The molecule has 7 nitrogen and oxygen atoms in total. The van der Waals surface area contributed by atoms with Gasteiger partial charge in [-0.25, -0.2) is 18.1 Å². The van der Waals surface area contributed by atoms with Crippen molar-refractivity contribution in [2.45, 2.75) is 36.6 Å². The van der Waals surface area contributed by atoms with Gasteiger partial charge in [-0.2, -0.15) is 0 Å². The van der Waals surface area contributed by atoms with Crippen LogP contribution in [0, 0.1) is 11.8 Å². The lowest BCUT2D eigenvalue weighted by molar-refractivity contribution is 0.0687. The molecule has 0 bridgehead atoms. The number of nitrogens with zero attached hydrogens (tertiary/aromatic N) is 2. The van der Waals surface area contributed by atoms with E-state index in [4.69, 9.17) is 4.74 Å². The highest BCUT2D eigenvalue weighted by Gasteiger charge is 2.26. The molecule has 1 aromatic carbocycles. The lowest BCUT2D eigenvalue weighted by atomic mass is 9.97. The van der Waals surface area contributed by atoms with E-state index in [1.54, 1.807) is 42.6 Å². The zero-order valence-corrected chi connectivity index (χ0v) is 20.4. The Morgan fingerprint density at radius 1 is 1.22 bits per heavy atom. The van der Waals surface area contributed by atoms with Crippen LogP contribution in [0.2, 0.25) is 0 Å². The SMILES string of the molecule is CSc1ncccc1C(=O)N1CCC(CNS(=O)(=O)c2ccc(OCC(C)C)cc2)CC1. The minimum atomic E-state index is -3.59. The molecule has 2 heterocycles. The summed E-state index contributed by atoms with van der Waals surface area (Å²) in [5.74, 6) is 1.24. The number of amides is 1. The molecule has 1 aromatic heterocycles. The van der Waals surface area contributed by atoms with Crippen molar-refractivity contribution < 1.29 is 17.9 Å². The highest BCUT2D eigenvalue weighted by Crippen LogP contribution is 2.23. The molecule has 1 fully saturated rings. The molecule has 0 radical (unpaired) electrons. The second-order valence-electron chi connectivity index (χ2n) is 8.32. The van der Waals surface area contributed by atoms with Crippen LogP contribution in [0.15, 0.2) is 52.5 Å². The van der Waals surface area contributed by atoms with E-state index >= 15 is 0 Å². The van der Waals surface area contributed by atoms with Gasteiger partial charge in [0.1, 0.15) is 10.8 Å². The molecule has 9 heteroatoms. The van der Waals surface area contributed by atoms with Crippen LogP contribution in [0.3, 0.4) is 0 Å². The molecule has 1 amide bonds. The van der Waals surface area contributed by atoms with E-state index in [0.717, 1.165) is 17.9 Å². The zero-order chi connectivity index (χ0) is 23.1. The van der Waals surface area contributed by atoms with Crippen molar-refractivity contribution in [1.82, 2.24) is 14.6 Å². The number of carbonyl (C=O) groups excluding carboxylic acids is 1. The summed E-state index contributed by atoms with van der Waals surface area (Å²) in [4.78, 5) is 19.2. The van der Waals surface area contributed by atoms with Gasteiger partial charge in [0.2, 0.25) is 10.0 Å². The van der Waals surface area contributed by atoms with Crippen molar-refractivity contribution in [1.29, 1.82) is 0 Å². The first-order valence-electron chi connectivity index (χ1n) is 10.8. The van der Waals surface area contributed by atoms with Crippen LogP contribution in [-0.4, -0.2) is 56.7 Å². The van der Waals surface area contributed by atoms with Gasteiger partial charge in [-0.15, -0.1) is 11.8 Å². The van der Waals surface area contributed by atoms with Gasteiger partial charge in [0, 0.05) is 25.8 Å². The fourth-order valence-electron chi connectivity index (χ4n) is 3.52. The maximum Gasteiger partial charge on any atom is 0.256 e. The minimum absolute atomic E-state index is 0.0127. The molecule has 1 aliphatic rings. The third-order valence-electron chi connectivity index (χ3n) is 5.38. The topological polar surface area (TPSA) is 88.6 Å². The molecule has 1 aliphatic heterocycles. The number of pyridine rings is 1. The fourth-order valence-corrected chi connectivity index (χ4v) is 5.17. The number of aromatic nitrogens is 1. The molecule has 1 saturated heterocycles. The van der Waals surface area contributed by atoms with Crippen LogP contribution in [0.25, 0.3) is 0 Å². The Balaban J connectivity index is 1.50. The molecule has 3 rings (SSSR count). The van der Waals surface area contributed by atoms with Gasteiger partial charge in [-0.1, -0.05) is 13.8 Å². The Morgan fingerprint density at radius 2 is 1.91 bits per heavy atom. The number of sulfonamides is 1. The highest BCUT2D eigenvalue weighted by molar-refractivity contribution is 7.98. The molecule has 32 heavy (non-hydrogen) atoms. The molecule has 0 spiro atoms. The number of ether oxygens (including phenoxy) is 1. The monoisotopic (exact) mass is 477 g/mol. The first-order valence-corrected chi connectivity index (χ1v) is 13.5. The van der Waals surface area contributed by atoms with Gasteiger partial charge in [0.25, 0.3) is 5.91 Å². The van der Waals surface area contributed by atoms with E-state index in [-0.39, 0.29) is 16.7 Å². The zero-order valence-electron chi connectivity index (χ0n) is 18.8. The van der Waals surface area contributed by atoms with Crippen LogP contribution < -0.4 is 9.46 Å². The number of thioether (sulfide) groups is 1. The van der Waals surface area contributed by atoms with Gasteiger partial charge < -0.3 is 9.64 Å². The summed E-state index contributed by atoms with van der Waals surface area (Å²) >= 11 is 1.46. The third kappa shape index (κ3) is 6.46. The summed E-state index contributed by atoms with van der Waals surface area (Å²) < 4.78 is 33.6. The van der Waals surface area contributed by atoms with E-state index in [9.17, 15) is 13.2 Å². The van der Waals surface area contributed by atoms with Gasteiger partial charge >= 0.3 is 0 Å². The maximum absolute atomic E-state index is 12.9. The number of hydrogen-bond donors (Lipinski definition) is 1. The molecule has 0 aliphatic carbocycles. The van der Waals surface area contributed by atoms with Crippen LogP contribution in [0.1, 0.15) is 37.0 Å². The van der Waals surface area contributed by atoms with Crippen molar-refractivity contribution in [2.24, 2.45) is 11.8 Å². The standard InChI is InChI=1S/C23H31N3O4S2/c1-17(2)16-30-19-6-8-20(9-7-19)32(28,29)25-15-18-10-13-26(14-11-18)23(27)21-5-4-12-24-22(21)31-3/h4-9,12,17-18,25H,10-11,13-16H2,1-3H3. The van der Waals surface area contributed by atoms with E-state index < -0.39 is 10.0 Å². The van der Waals surface area contributed by atoms with E-state index in [1.807, 2.05) is 11.2 Å². The highest BCUT2D eigenvalue weighted by atomic mass is 32.2. The van der Waals surface area contributed by atoms with Crippen molar-refractivity contribution in [3.05, 3.63) is 48.2 Å². The Hall–Kier alpha value is -2.10. The van der Waals surface area contributed by atoms with Crippen molar-refractivity contribution in [3.8, 4) is 5.75 Å². The molecule has 0 unspecified atom stereocenters. The van der Waals surface area contributed by atoms with Gasteiger partial charge in [-0.05, 0) is 67.3 Å². The molecular formula is C23H31N3O4S2. The first-order chi connectivity index (χ1) is 15.3. The maximum atomic E-state index is 12.9. The van der Waals surface area contributed by atoms with Crippen molar-refractivity contribution in [2.75, 3.05) is 32.5 Å². The summed E-state index contributed by atoms with van der Waals surface area (Å²) in [6.07, 6.45) is 5.10. The number of likely N-dealkylation sites (tertiary alicyclic amines) is 1.